The highest BCUT2D eigenvalue weighted by Gasteiger charge is 2.17. The van der Waals surface area contributed by atoms with E-state index in [4.69, 9.17) is 4.63 Å². The Morgan fingerprint density at radius 1 is 0.880 bits per heavy atom. The first-order chi connectivity index (χ1) is 12.3. The molecule has 4 rings (SSSR count). The van der Waals surface area contributed by atoms with Gasteiger partial charge in [0.05, 0.1) is 0 Å². The van der Waals surface area contributed by atoms with Gasteiger partial charge in [-0.1, -0.05) is 24.3 Å². The van der Waals surface area contributed by atoms with E-state index >= 15 is 0 Å². The second-order valence-corrected chi connectivity index (χ2v) is 6.58. The number of hydrogen-bond acceptors (Lipinski definition) is 5. The average Bonchev–Trinajstić information content (AvgIpc) is 3.00. The number of benzene rings is 2. The monoisotopic (exact) mass is 340 g/mol. The molecule has 0 bridgehead atoms. The van der Waals surface area contributed by atoms with E-state index in [0.717, 1.165) is 67.8 Å². The topological polar surface area (TPSA) is 45.4 Å². The molecule has 3 aromatic rings. The summed E-state index contributed by atoms with van der Waals surface area (Å²) in [6.45, 7) is 5.85. The molecule has 0 N–H and O–H groups in total. The second kappa shape index (κ2) is 7.29. The molecular weight excluding hydrogens is 319 g/mol. The molecule has 1 aromatic heterocycles. The standard InChI is InChI=1S/C19H21FN4O/c20-17-7-5-15(6-8-17)13-23-9-2-10-24(12-11-23)14-16-3-1-4-18-19(16)22-25-21-18/h1,3-8H,2,9-14H2. The van der Waals surface area contributed by atoms with Crippen LogP contribution in [0.1, 0.15) is 17.5 Å². The van der Waals surface area contributed by atoms with Crippen LogP contribution < -0.4 is 0 Å². The summed E-state index contributed by atoms with van der Waals surface area (Å²) in [7, 11) is 0. The lowest BCUT2D eigenvalue weighted by atomic mass is 10.1. The predicted molar refractivity (Wildman–Crippen MR) is 93.4 cm³/mol. The van der Waals surface area contributed by atoms with E-state index in [-0.39, 0.29) is 5.82 Å². The fraction of sp³-hybridized carbons (Fsp3) is 0.368. The van der Waals surface area contributed by atoms with Crippen LogP contribution in [-0.2, 0) is 13.1 Å². The lowest BCUT2D eigenvalue weighted by Gasteiger charge is -2.22. The highest BCUT2D eigenvalue weighted by molar-refractivity contribution is 5.76. The molecule has 5 nitrogen and oxygen atoms in total. The van der Waals surface area contributed by atoms with Crippen molar-refractivity contribution in [2.75, 3.05) is 26.2 Å². The zero-order valence-electron chi connectivity index (χ0n) is 14.1. The average molecular weight is 340 g/mol. The third kappa shape index (κ3) is 3.86. The molecule has 1 fully saturated rings. The van der Waals surface area contributed by atoms with Crippen molar-refractivity contribution >= 4 is 11.0 Å². The quantitative estimate of drug-likeness (QED) is 0.730. The first kappa shape index (κ1) is 16.2. The molecule has 6 heteroatoms. The van der Waals surface area contributed by atoms with E-state index in [0.29, 0.717) is 0 Å². The van der Waals surface area contributed by atoms with Gasteiger partial charge in [0, 0.05) is 26.2 Å². The fourth-order valence-electron chi connectivity index (χ4n) is 3.42. The third-order valence-electron chi connectivity index (χ3n) is 4.76. The molecule has 0 radical (unpaired) electrons. The van der Waals surface area contributed by atoms with Crippen LogP contribution in [-0.4, -0.2) is 46.3 Å². The van der Waals surface area contributed by atoms with Crippen LogP contribution >= 0.6 is 0 Å². The predicted octanol–water partition coefficient (Wildman–Crippen LogP) is 3.07. The fourth-order valence-corrected chi connectivity index (χ4v) is 3.42. The maximum atomic E-state index is 13.0. The van der Waals surface area contributed by atoms with Gasteiger partial charge >= 0.3 is 0 Å². The van der Waals surface area contributed by atoms with Crippen molar-refractivity contribution in [3.63, 3.8) is 0 Å². The van der Waals surface area contributed by atoms with Crippen LogP contribution in [0.5, 0.6) is 0 Å². The summed E-state index contributed by atoms with van der Waals surface area (Å²) >= 11 is 0. The van der Waals surface area contributed by atoms with Gasteiger partial charge in [-0.05, 0) is 59.1 Å². The second-order valence-electron chi connectivity index (χ2n) is 6.58. The molecule has 0 spiro atoms. The highest BCUT2D eigenvalue weighted by atomic mass is 19.1. The molecule has 0 atom stereocenters. The largest absolute Gasteiger partial charge is 0.298 e. The third-order valence-corrected chi connectivity index (χ3v) is 4.76. The van der Waals surface area contributed by atoms with Crippen molar-refractivity contribution in [2.45, 2.75) is 19.5 Å². The Kier molecular flexibility index (Phi) is 4.72. The van der Waals surface area contributed by atoms with Crippen molar-refractivity contribution in [1.82, 2.24) is 20.1 Å². The van der Waals surface area contributed by atoms with Gasteiger partial charge in [-0.25, -0.2) is 9.02 Å². The van der Waals surface area contributed by atoms with Crippen molar-refractivity contribution in [3.05, 3.63) is 59.4 Å². The van der Waals surface area contributed by atoms with Crippen LogP contribution in [0.15, 0.2) is 47.1 Å². The summed E-state index contributed by atoms with van der Waals surface area (Å²) in [5.74, 6) is -0.178. The van der Waals surface area contributed by atoms with Gasteiger partial charge in [-0.3, -0.25) is 9.80 Å². The maximum Gasteiger partial charge on any atom is 0.139 e. The molecule has 0 aliphatic carbocycles. The molecular formula is C19H21FN4O. The van der Waals surface area contributed by atoms with E-state index < -0.39 is 0 Å². The summed E-state index contributed by atoms with van der Waals surface area (Å²) in [6.07, 6.45) is 1.12. The van der Waals surface area contributed by atoms with Gasteiger partial charge in [0.25, 0.3) is 0 Å². The van der Waals surface area contributed by atoms with Crippen molar-refractivity contribution in [2.24, 2.45) is 0 Å². The zero-order valence-corrected chi connectivity index (χ0v) is 14.1. The SMILES string of the molecule is Fc1ccc(CN2CCCN(Cc3cccc4nonc34)CC2)cc1. The van der Waals surface area contributed by atoms with Gasteiger partial charge in [-0.2, -0.15) is 0 Å². The minimum absolute atomic E-state index is 0.178. The lowest BCUT2D eigenvalue weighted by molar-refractivity contribution is 0.247. The van der Waals surface area contributed by atoms with Crippen LogP contribution in [0.3, 0.4) is 0 Å². The highest BCUT2D eigenvalue weighted by Crippen LogP contribution is 2.18. The van der Waals surface area contributed by atoms with E-state index in [1.165, 1.54) is 12.1 Å². The number of nitrogens with zero attached hydrogens (tertiary/aromatic N) is 4. The minimum Gasteiger partial charge on any atom is -0.298 e. The van der Waals surface area contributed by atoms with Gasteiger partial charge in [0.1, 0.15) is 16.9 Å². The van der Waals surface area contributed by atoms with E-state index in [9.17, 15) is 4.39 Å². The van der Waals surface area contributed by atoms with Crippen LogP contribution in [0.25, 0.3) is 11.0 Å². The van der Waals surface area contributed by atoms with Gasteiger partial charge in [-0.15, -0.1) is 0 Å². The van der Waals surface area contributed by atoms with Gasteiger partial charge in [0.2, 0.25) is 0 Å². The van der Waals surface area contributed by atoms with Crippen LogP contribution in [0, 0.1) is 5.82 Å². The molecule has 2 heterocycles. The Bertz CT molecular complexity index is 833. The molecule has 0 amide bonds. The molecule has 0 saturated carbocycles. The number of aromatic nitrogens is 2. The molecule has 1 aliphatic rings. The van der Waals surface area contributed by atoms with Crippen molar-refractivity contribution in [3.8, 4) is 0 Å². The van der Waals surface area contributed by atoms with Crippen molar-refractivity contribution < 1.29 is 9.02 Å². The number of rotatable bonds is 4. The molecule has 0 unspecified atom stereocenters. The number of halogens is 1. The van der Waals surface area contributed by atoms with Gasteiger partial charge in [0.15, 0.2) is 0 Å². The summed E-state index contributed by atoms with van der Waals surface area (Å²) < 4.78 is 17.9. The first-order valence-electron chi connectivity index (χ1n) is 8.67. The first-order valence-corrected chi connectivity index (χ1v) is 8.67. The maximum absolute atomic E-state index is 13.0. The molecule has 130 valence electrons. The van der Waals surface area contributed by atoms with E-state index in [1.54, 1.807) is 0 Å². The van der Waals surface area contributed by atoms with E-state index in [2.05, 4.69) is 26.2 Å². The Morgan fingerprint density at radius 2 is 1.64 bits per heavy atom. The summed E-state index contributed by atoms with van der Waals surface area (Å²) in [6, 6.07) is 12.8. The van der Waals surface area contributed by atoms with E-state index in [1.807, 2.05) is 24.3 Å². The molecule has 1 saturated heterocycles. The molecule has 1 aliphatic heterocycles. The summed E-state index contributed by atoms with van der Waals surface area (Å²) in [5, 5.41) is 7.95. The van der Waals surface area contributed by atoms with Crippen LogP contribution in [0.2, 0.25) is 0 Å². The Labute approximate surface area is 146 Å². The normalized spacial score (nSPS) is 17.0. The van der Waals surface area contributed by atoms with Crippen molar-refractivity contribution in [1.29, 1.82) is 0 Å². The van der Waals surface area contributed by atoms with Gasteiger partial charge < -0.3 is 0 Å². The minimum atomic E-state index is -0.178. The Morgan fingerprint density at radius 3 is 2.44 bits per heavy atom. The lowest BCUT2D eigenvalue weighted by Crippen LogP contribution is -2.30. The summed E-state index contributed by atoms with van der Waals surface area (Å²) in [4.78, 5) is 4.89. The smallest absolute Gasteiger partial charge is 0.139 e. The Balaban J connectivity index is 1.38. The molecule has 25 heavy (non-hydrogen) atoms. The molecule has 2 aromatic carbocycles. The van der Waals surface area contributed by atoms with Crippen LogP contribution in [0.4, 0.5) is 4.39 Å². The number of fused-ring (bicyclic) bond motifs is 1. The Hall–Kier alpha value is -2.31. The number of hydrogen-bond donors (Lipinski definition) is 0. The zero-order chi connectivity index (χ0) is 17.1. The summed E-state index contributed by atoms with van der Waals surface area (Å²) in [5.41, 5.74) is 3.99.